The Balaban J connectivity index is 1.56. The number of hydrogen-bond donors (Lipinski definition) is 1. The molecule has 0 amide bonds. The van der Waals surface area contributed by atoms with E-state index in [-0.39, 0.29) is 6.10 Å². The molecule has 6 heteroatoms. The van der Waals surface area contributed by atoms with Crippen LogP contribution in [0, 0.1) is 11.3 Å². The van der Waals surface area contributed by atoms with E-state index < -0.39 is 0 Å². The van der Waals surface area contributed by atoms with Gasteiger partial charge in [-0.05, 0) is 69.0 Å². The summed E-state index contributed by atoms with van der Waals surface area (Å²) in [6.45, 7) is 7.14. The number of aromatic nitrogens is 2. The van der Waals surface area contributed by atoms with Gasteiger partial charge in [-0.25, -0.2) is 0 Å². The average molecular weight is 431 g/mol. The Bertz CT molecular complexity index is 1110. The van der Waals surface area contributed by atoms with E-state index in [1.165, 1.54) is 30.4 Å². The molecule has 4 rings (SSSR count). The first-order chi connectivity index (χ1) is 15.6. The number of fused-ring (bicyclic) bond motifs is 1. The highest BCUT2D eigenvalue weighted by atomic mass is 16.5. The minimum atomic E-state index is -0.00640. The third-order valence-electron chi connectivity index (χ3n) is 5.82. The van der Waals surface area contributed by atoms with E-state index in [0.29, 0.717) is 34.6 Å². The lowest BCUT2D eigenvalue weighted by molar-refractivity contribution is 0.241. The first-order valence-corrected chi connectivity index (χ1v) is 11.5. The number of nitrogens with zero attached hydrogens (tertiary/aromatic N) is 3. The molecule has 0 bridgehead atoms. The smallest absolute Gasteiger partial charge is 0.258 e. The lowest BCUT2D eigenvalue weighted by Gasteiger charge is -2.14. The highest BCUT2D eigenvalue weighted by Crippen LogP contribution is 2.37. The summed E-state index contributed by atoms with van der Waals surface area (Å²) in [4.78, 5) is 4.66. The van der Waals surface area contributed by atoms with Crippen molar-refractivity contribution < 1.29 is 9.26 Å². The van der Waals surface area contributed by atoms with Crippen molar-refractivity contribution in [3.63, 3.8) is 0 Å². The molecule has 166 valence electrons. The van der Waals surface area contributed by atoms with Crippen LogP contribution in [0.4, 0.5) is 0 Å². The first-order valence-electron chi connectivity index (χ1n) is 11.5. The predicted octanol–water partition coefficient (Wildman–Crippen LogP) is 5.83. The van der Waals surface area contributed by atoms with Gasteiger partial charge in [-0.3, -0.25) is 0 Å². The highest BCUT2D eigenvalue weighted by molar-refractivity contribution is 5.67. The Morgan fingerprint density at radius 3 is 2.91 bits per heavy atom. The van der Waals surface area contributed by atoms with Gasteiger partial charge in [0.15, 0.2) is 0 Å². The van der Waals surface area contributed by atoms with Crippen molar-refractivity contribution in [1.82, 2.24) is 15.5 Å². The van der Waals surface area contributed by atoms with E-state index in [9.17, 15) is 5.26 Å². The van der Waals surface area contributed by atoms with Gasteiger partial charge in [0.05, 0.1) is 11.7 Å². The molecule has 3 aromatic rings. The molecule has 2 aromatic carbocycles. The van der Waals surface area contributed by atoms with E-state index >= 15 is 0 Å². The lowest BCUT2D eigenvalue weighted by atomic mass is 10.0. The summed E-state index contributed by atoms with van der Waals surface area (Å²) in [5, 5.41) is 17.5. The minimum Gasteiger partial charge on any atom is -0.490 e. The Morgan fingerprint density at radius 1 is 1.25 bits per heavy atom. The van der Waals surface area contributed by atoms with Crippen LogP contribution in [0.15, 0.2) is 40.9 Å². The third kappa shape index (κ3) is 4.68. The Hall–Kier alpha value is -3.17. The molecule has 1 heterocycles. The van der Waals surface area contributed by atoms with Gasteiger partial charge in [0.2, 0.25) is 5.82 Å². The molecule has 32 heavy (non-hydrogen) atoms. The molecule has 0 saturated carbocycles. The SMILES string of the molecule is CCCCCNC1CCc2c(-c3noc(-c4ccc(OC(C)C)c(C#N)c4)n3)cccc21. The van der Waals surface area contributed by atoms with Gasteiger partial charge in [0, 0.05) is 17.2 Å². The number of nitrogens with one attached hydrogen (secondary N) is 1. The normalized spacial score (nSPS) is 15.0. The maximum atomic E-state index is 9.51. The molecular weight excluding hydrogens is 400 g/mol. The highest BCUT2D eigenvalue weighted by Gasteiger charge is 2.26. The van der Waals surface area contributed by atoms with E-state index in [0.717, 1.165) is 24.9 Å². The second-order valence-corrected chi connectivity index (χ2v) is 8.54. The Morgan fingerprint density at radius 2 is 2.12 bits per heavy atom. The fourth-order valence-corrected chi connectivity index (χ4v) is 4.28. The van der Waals surface area contributed by atoms with E-state index in [4.69, 9.17) is 9.26 Å². The zero-order valence-corrected chi connectivity index (χ0v) is 19.0. The molecule has 1 atom stereocenters. The largest absolute Gasteiger partial charge is 0.490 e. The molecule has 0 radical (unpaired) electrons. The van der Waals surface area contributed by atoms with Gasteiger partial charge in [0.25, 0.3) is 5.89 Å². The zero-order chi connectivity index (χ0) is 22.5. The van der Waals surface area contributed by atoms with Crippen LogP contribution in [0.3, 0.4) is 0 Å². The maximum Gasteiger partial charge on any atom is 0.258 e. The molecule has 0 saturated heterocycles. The molecule has 0 aliphatic heterocycles. The predicted molar refractivity (Wildman–Crippen MR) is 124 cm³/mol. The third-order valence-corrected chi connectivity index (χ3v) is 5.82. The van der Waals surface area contributed by atoms with Crippen molar-refractivity contribution >= 4 is 0 Å². The van der Waals surface area contributed by atoms with Crippen molar-refractivity contribution in [2.75, 3.05) is 6.54 Å². The fourth-order valence-electron chi connectivity index (χ4n) is 4.28. The monoisotopic (exact) mass is 430 g/mol. The molecule has 1 aromatic heterocycles. The summed E-state index contributed by atoms with van der Waals surface area (Å²) in [6.07, 6.45) is 5.79. The summed E-state index contributed by atoms with van der Waals surface area (Å²) in [6, 6.07) is 14.3. The van der Waals surface area contributed by atoms with Crippen LogP contribution >= 0.6 is 0 Å². The molecule has 1 aliphatic rings. The van der Waals surface area contributed by atoms with Crippen molar-refractivity contribution in [2.24, 2.45) is 0 Å². The van der Waals surface area contributed by atoms with Gasteiger partial charge >= 0.3 is 0 Å². The quantitative estimate of drug-likeness (QED) is 0.430. The van der Waals surface area contributed by atoms with Crippen LogP contribution in [-0.4, -0.2) is 22.8 Å². The minimum absolute atomic E-state index is 0.00640. The van der Waals surface area contributed by atoms with Crippen LogP contribution in [0.5, 0.6) is 5.75 Å². The summed E-state index contributed by atoms with van der Waals surface area (Å²) in [5.41, 5.74) is 4.82. The molecule has 0 spiro atoms. The number of ether oxygens (including phenoxy) is 1. The zero-order valence-electron chi connectivity index (χ0n) is 19.0. The van der Waals surface area contributed by atoms with Gasteiger partial charge in [-0.15, -0.1) is 0 Å². The fraction of sp³-hybridized carbons (Fsp3) is 0.423. The van der Waals surface area contributed by atoms with E-state index in [2.05, 4.69) is 46.6 Å². The second kappa shape index (κ2) is 9.97. The molecule has 6 nitrogen and oxygen atoms in total. The van der Waals surface area contributed by atoms with Crippen molar-refractivity contribution in [3.05, 3.63) is 53.1 Å². The maximum absolute atomic E-state index is 9.51. The van der Waals surface area contributed by atoms with Crippen LogP contribution in [0.1, 0.15) is 69.2 Å². The number of unbranched alkanes of at least 4 members (excludes halogenated alkanes) is 2. The average Bonchev–Trinajstić information content (AvgIpc) is 3.44. The standard InChI is InChI=1S/C26H30N4O2/c1-4-5-6-14-28-23-12-11-20-21(23)8-7-9-22(20)25-29-26(32-30-25)18-10-13-24(31-17(2)3)19(15-18)16-27/h7-10,13,15,17,23,28H,4-6,11-12,14H2,1-3H3. The van der Waals surface area contributed by atoms with Gasteiger partial charge in [-0.2, -0.15) is 10.2 Å². The van der Waals surface area contributed by atoms with Crippen LogP contribution < -0.4 is 10.1 Å². The van der Waals surface area contributed by atoms with Crippen LogP contribution in [0.25, 0.3) is 22.8 Å². The molecule has 1 unspecified atom stereocenters. The van der Waals surface area contributed by atoms with Crippen LogP contribution in [-0.2, 0) is 6.42 Å². The Labute approximate surface area is 189 Å². The number of rotatable bonds is 9. The Kier molecular flexibility index (Phi) is 6.87. The topological polar surface area (TPSA) is 84.0 Å². The van der Waals surface area contributed by atoms with E-state index in [1.54, 1.807) is 12.1 Å². The molecule has 0 fully saturated rings. The second-order valence-electron chi connectivity index (χ2n) is 8.54. The summed E-state index contributed by atoms with van der Waals surface area (Å²) in [5.74, 6) is 1.55. The summed E-state index contributed by atoms with van der Waals surface area (Å²) >= 11 is 0. The first kappa shape index (κ1) is 22.0. The number of benzene rings is 2. The molecule has 1 aliphatic carbocycles. The summed E-state index contributed by atoms with van der Waals surface area (Å²) in [7, 11) is 0. The van der Waals surface area contributed by atoms with Crippen molar-refractivity contribution in [2.45, 2.75) is 65.0 Å². The number of nitriles is 1. The molecular formula is C26H30N4O2. The van der Waals surface area contributed by atoms with E-state index in [1.807, 2.05) is 19.9 Å². The van der Waals surface area contributed by atoms with Gasteiger partial charge < -0.3 is 14.6 Å². The van der Waals surface area contributed by atoms with Crippen molar-refractivity contribution in [3.8, 4) is 34.7 Å². The van der Waals surface area contributed by atoms with Gasteiger partial charge in [-0.1, -0.05) is 43.1 Å². The molecule has 1 N–H and O–H groups in total. The van der Waals surface area contributed by atoms with Crippen molar-refractivity contribution in [1.29, 1.82) is 5.26 Å². The summed E-state index contributed by atoms with van der Waals surface area (Å²) < 4.78 is 11.3. The van der Waals surface area contributed by atoms with Crippen LogP contribution in [0.2, 0.25) is 0 Å². The lowest BCUT2D eigenvalue weighted by Crippen LogP contribution is -2.20. The number of hydrogen-bond acceptors (Lipinski definition) is 6. The van der Waals surface area contributed by atoms with Gasteiger partial charge in [0.1, 0.15) is 11.8 Å².